The van der Waals surface area contributed by atoms with Crippen LogP contribution in [0.25, 0.3) is 0 Å². The van der Waals surface area contributed by atoms with Gasteiger partial charge in [0.15, 0.2) is 23.8 Å². The van der Waals surface area contributed by atoms with E-state index in [1.807, 2.05) is 0 Å². The predicted octanol–water partition coefficient (Wildman–Crippen LogP) is -5.93. The fourth-order valence-electron chi connectivity index (χ4n) is 3.78. The van der Waals surface area contributed by atoms with Gasteiger partial charge in [-0.2, -0.15) is 0 Å². The van der Waals surface area contributed by atoms with Crippen LogP contribution in [-0.2, 0) is 19.2 Å². The molecule has 0 rings (SSSR count). The summed E-state index contributed by atoms with van der Waals surface area (Å²) in [5, 5.41) is 17.3. The fraction of sp³-hybridized carbons (Fsp3) is 0.667. The molecule has 0 aliphatic rings. The van der Waals surface area contributed by atoms with E-state index in [2.05, 4.69) is 35.9 Å². The zero-order valence-electron chi connectivity index (χ0n) is 25.4. The number of hydrogen-bond acceptors (Lipinski definition) is 9. The summed E-state index contributed by atoms with van der Waals surface area (Å²) in [6.07, 6.45) is 1.55. The number of nitrogens with zero attached hydrogens (tertiary/aromatic N) is 4. The molecule has 0 aromatic heterocycles. The summed E-state index contributed by atoms with van der Waals surface area (Å²) in [6.45, 7) is 0.706. The third-order valence-corrected chi connectivity index (χ3v) is 6.02. The number of carbonyl (C=O) groups is 4. The number of nitrogens with two attached hydrogens (primary N) is 9. The molecule has 21 nitrogen and oxygen atoms in total. The molecule has 0 aromatic rings. The standard InChI is InChI=1S/C24H50N16O5/c25-13(5-1-9-34-21(26)27)17(41)38-14(6-2-10-35-22(28)29)18(42)39-15(7-3-11-36-23(30)31)19(43)40-16(20(44)45)8-4-12-37-24(32)33/h13-16H,1-12,25H2,(H,38,41)(H,39,42)(H,40,43)(H,44,45)(H4,26,27,34)(H4,28,29,35)(H4,30,31,36)(H4,32,33,37)/t13-,14-,15-,16-/m1/s1. The molecule has 0 unspecified atom stereocenters. The van der Waals surface area contributed by atoms with E-state index < -0.39 is 47.9 Å². The van der Waals surface area contributed by atoms with Crippen LogP contribution in [-0.4, -0.2) is 103 Å². The molecule has 0 fully saturated rings. The molecule has 0 aliphatic carbocycles. The number of carbonyl (C=O) groups excluding carboxylic acids is 3. The number of rotatable bonds is 23. The van der Waals surface area contributed by atoms with E-state index in [9.17, 15) is 24.3 Å². The molecule has 256 valence electrons. The predicted molar refractivity (Wildman–Crippen MR) is 171 cm³/mol. The Hall–Kier alpha value is -5.08. The van der Waals surface area contributed by atoms with Gasteiger partial charge in [-0.15, -0.1) is 0 Å². The lowest BCUT2D eigenvalue weighted by Crippen LogP contribution is -2.57. The molecule has 45 heavy (non-hydrogen) atoms. The summed E-state index contributed by atoms with van der Waals surface area (Å²) >= 11 is 0. The van der Waals surface area contributed by atoms with Gasteiger partial charge >= 0.3 is 5.97 Å². The lowest BCUT2D eigenvalue weighted by Gasteiger charge is -2.25. The molecule has 0 saturated heterocycles. The van der Waals surface area contributed by atoms with E-state index in [4.69, 9.17) is 51.6 Å². The summed E-state index contributed by atoms with van der Waals surface area (Å²) in [4.78, 5) is 66.6. The van der Waals surface area contributed by atoms with E-state index in [0.29, 0.717) is 6.42 Å². The second kappa shape index (κ2) is 22.5. The Bertz CT molecular complexity index is 1060. The van der Waals surface area contributed by atoms with Gasteiger partial charge in [0, 0.05) is 26.2 Å². The first-order chi connectivity index (χ1) is 21.1. The Kier molecular flexibility index (Phi) is 19.9. The molecule has 0 heterocycles. The molecule has 0 aromatic carbocycles. The van der Waals surface area contributed by atoms with Gasteiger partial charge in [0.2, 0.25) is 17.7 Å². The van der Waals surface area contributed by atoms with Crippen LogP contribution >= 0.6 is 0 Å². The third-order valence-electron chi connectivity index (χ3n) is 6.02. The van der Waals surface area contributed by atoms with Crippen LogP contribution in [0.5, 0.6) is 0 Å². The Morgan fingerprint density at radius 3 is 1.11 bits per heavy atom. The molecule has 22 N–H and O–H groups in total. The van der Waals surface area contributed by atoms with Crippen molar-refractivity contribution in [2.24, 2.45) is 71.6 Å². The Morgan fingerprint density at radius 2 is 0.778 bits per heavy atom. The van der Waals surface area contributed by atoms with E-state index in [0.717, 1.165) is 0 Å². The number of nitrogens with one attached hydrogen (secondary N) is 3. The largest absolute Gasteiger partial charge is 0.480 e. The van der Waals surface area contributed by atoms with Crippen LogP contribution < -0.4 is 67.6 Å². The van der Waals surface area contributed by atoms with E-state index in [1.165, 1.54) is 0 Å². The summed E-state index contributed by atoms with van der Waals surface area (Å²) in [5.41, 5.74) is 48.6. The summed E-state index contributed by atoms with van der Waals surface area (Å²) in [6, 6.07) is -4.63. The van der Waals surface area contributed by atoms with Gasteiger partial charge in [0.05, 0.1) is 6.04 Å². The molecule has 0 saturated carbocycles. The van der Waals surface area contributed by atoms with Crippen molar-refractivity contribution >= 4 is 47.5 Å². The zero-order chi connectivity index (χ0) is 34.4. The minimum Gasteiger partial charge on any atom is -0.480 e. The maximum absolute atomic E-state index is 13.4. The molecular formula is C24H50N16O5. The van der Waals surface area contributed by atoms with Crippen molar-refractivity contribution in [3.8, 4) is 0 Å². The zero-order valence-corrected chi connectivity index (χ0v) is 25.4. The van der Waals surface area contributed by atoms with Crippen molar-refractivity contribution in [1.82, 2.24) is 16.0 Å². The number of aliphatic imine (C=N–C) groups is 4. The quantitative estimate of drug-likeness (QED) is 0.0280. The van der Waals surface area contributed by atoms with E-state index in [1.54, 1.807) is 0 Å². The highest BCUT2D eigenvalue weighted by molar-refractivity contribution is 5.94. The highest BCUT2D eigenvalue weighted by Crippen LogP contribution is 2.07. The highest BCUT2D eigenvalue weighted by atomic mass is 16.4. The average Bonchev–Trinajstić information content (AvgIpc) is 2.94. The summed E-state index contributed by atoms with van der Waals surface area (Å²) < 4.78 is 0. The van der Waals surface area contributed by atoms with E-state index in [-0.39, 0.29) is 95.0 Å². The number of carboxylic acid groups (broad SMARTS) is 1. The van der Waals surface area contributed by atoms with Crippen LogP contribution in [0.2, 0.25) is 0 Å². The Morgan fingerprint density at radius 1 is 0.489 bits per heavy atom. The normalized spacial score (nSPS) is 13.1. The van der Waals surface area contributed by atoms with E-state index >= 15 is 0 Å². The summed E-state index contributed by atoms with van der Waals surface area (Å²) in [7, 11) is 0. The lowest BCUT2D eigenvalue weighted by atomic mass is 10.1. The van der Waals surface area contributed by atoms with Gasteiger partial charge in [-0.25, -0.2) is 4.79 Å². The average molecular weight is 643 g/mol. The Balaban J connectivity index is 5.79. The topological polar surface area (TPSA) is 408 Å². The van der Waals surface area contributed by atoms with Crippen molar-refractivity contribution < 1.29 is 24.3 Å². The van der Waals surface area contributed by atoms with Crippen molar-refractivity contribution in [2.45, 2.75) is 75.5 Å². The third kappa shape index (κ3) is 20.5. The van der Waals surface area contributed by atoms with Gasteiger partial charge < -0.3 is 72.7 Å². The van der Waals surface area contributed by atoms with Crippen molar-refractivity contribution in [3.63, 3.8) is 0 Å². The molecule has 0 radical (unpaired) electrons. The number of carboxylic acids is 1. The minimum absolute atomic E-state index is 0.0110. The molecule has 0 bridgehead atoms. The molecule has 0 aliphatic heterocycles. The highest BCUT2D eigenvalue weighted by Gasteiger charge is 2.30. The number of amides is 3. The SMILES string of the molecule is NC(N)=NCCC[C@@H](N)C(=O)N[C@H](CCCN=C(N)N)C(=O)N[C@H](CCCN=C(N)N)C(=O)N[C@H](CCCN=C(N)N)C(=O)O. The molecule has 21 heteroatoms. The van der Waals surface area contributed by atoms with Crippen molar-refractivity contribution in [1.29, 1.82) is 0 Å². The maximum Gasteiger partial charge on any atom is 0.326 e. The van der Waals surface area contributed by atoms with Gasteiger partial charge in [-0.3, -0.25) is 34.4 Å². The number of aliphatic carboxylic acids is 1. The van der Waals surface area contributed by atoms with Crippen LogP contribution in [0.4, 0.5) is 0 Å². The molecule has 0 spiro atoms. The van der Waals surface area contributed by atoms with Crippen LogP contribution in [0.1, 0.15) is 51.4 Å². The fourth-order valence-corrected chi connectivity index (χ4v) is 3.78. The maximum atomic E-state index is 13.4. The second-order valence-corrected chi connectivity index (χ2v) is 9.92. The van der Waals surface area contributed by atoms with Gasteiger partial charge in [-0.05, 0) is 51.4 Å². The second-order valence-electron chi connectivity index (χ2n) is 9.92. The summed E-state index contributed by atoms with van der Waals surface area (Å²) in [5.74, 6) is -3.97. The van der Waals surface area contributed by atoms with Gasteiger partial charge in [0.25, 0.3) is 0 Å². The first kappa shape index (κ1) is 39.9. The Labute approximate surface area is 261 Å². The van der Waals surface area contributed by atoms with Crippen LogP contribution in [0.15, 0.2) is 20.0 Å². The first-order valence-electron chi connectivity index (χ1n) is 14.2. The minimum atomic E-state index is -1.30. The monoisotopic (exact) mass is 642 g/mol. The van der Waals surface area contributed by atoms with Crippen LogP contribution in [0.3, 0.4) is 0 Å². The molecule has 3 amide bonds. The first-order valence-corrected chi connectivity index (χ1v) is 14.2. The number of hydrogen-bond donors (Lipinski definition) is 13. The van der Waals surface area contributed by atoms with Crippen molar-refractivity contribution in [2.75, 3.05) is 26.2 Å². The smallest absolute Gasteiger partial charge is 0.326 e. The van der Waals surface area contributed by atoms with Crippen molar-refractivity contribution in [3.05, 3.63) is 0 Å². The van der Waals surface area contributed by atoms with Crippen LogP contribution in [0, 0.1) is 0 Å². The van der Waals surface area contributed by atoms with Gasteiger partial charge in [0.1, 0.15) is 18.1 Å². The molecule has 4 atom stereocenters. The van der Waals surface area contributed by atoms with Gasteiger partial charge in [-0.1, -0.05) is 0 Å². The molecular weight excluding hydrogens is 592 g/mol. The lowest BCUT2D eigenvalue weighted by molar-refractivity contribution is -0.142. The number of guanidine groups is 4.